The molecule has 0 saturated heterocycles. The van der Waals surface area contributed by atoms with Gasteiger partial charge in [0.1, 0.15) is 12.4 Å². The average molecular weight is 235 g/mol. The number of aryl methyl sites for hydroxylation is 1. The van der Waals surface area contributed by atoms with E-state index in [0.717, 1.165) is 0 Å². The fraction of sp³-hybridized carbons (Fsp3) is 0.300. The number of anilines is 1. The Balaban J connectivity index is 2.02. The number of ether oxygens (including phenoxy) is 1. The highest BCUT2D eigenvalue weighted by molar-refractivity contribution is 6.02. The standard InChI is InChI=1S/C10H13N5O2/c1-14-5-9(11-6-14)10(16)13-8-3-12-15(4-8)7-17-2/h3-6H,7H2,1-2H3,(H,13,16). The normalized spacial score (nSPS) is 10.5. The van der Waals surface area contributed by atoms with Crippen molar-refractivity contribution in [3.63, 3.8) is 0 Å². The molecule has 17 heavy (non-hydrogen) atoms. The number of hydrogen-bond acceptors (Lipinski definition) is 4. The molecule has 2 aromatic heterocycles. The molecule has 0 unspecified atom stereocenters. The van der Waals surface area contributed by atoms with Crippen LogP contribution in [0, 0.1) is 0 Å². The molecule has 0 aliphatic rings. The Morgan fingerprint density at radius 1 is 1.53 bits per heavy atom. The van der Waals surface area contributed by atoms with Gasteiger partial charge in [0.2, 0.25) is 0 Å². The summed E-state index contributed by atoms with van der Waals surface area (Å²) < 4.78 is 8.20. The van der Waals surface area contributed by atoms with E-state index >= 15 is 0 Å². The van der Waals surface area contributed by atoms with Gasteiger partial charge in [-0.05, 0) is 0 Å². The predicted octanol–water partition coefficient (Wildman–Crippen LogP) is 0.473. The van der Waals surface area contributed by atoms with Crippen LogP contribution in [0.4, 0.5) is 5.69 Å². The largest absolute Gasteiger partial charge is 0.362 e. The minimum Gasteiger partial charge on any atom is -0.362 e. The zero-order chi connectivity index (χ0) is 12.3. The van der Waals surface area contributed by atoms with E-state index in [2.05, 4.69) is 15.4 Å². The number of nitrogens with zero attached hydrogens (tertiary/aromatic N) is 4. The zero-order valence-corrected chi connectivity index (χ0v) is 9.62. The van der Waals surface area contributed by atoms with Gasteiger partial charge in [-0.15, -0.1) is 0 Å². The summed E-state index contributed by atoms with van der Waals surface area (Å²) in [5, 5.41) is 6.71. The minimum atomic E-state index is -0.262. The average Bonchev–Trinajstić information content (AvgIpc) is 2.88. The van der Waals surface area contributed by atoms with Crippen LogP contribution in [0.2, 0.25) is 0 Å². The second-order valence-electron chi connectivity index (χ2n) is 3.56. The molecule has 0 aromatic carbocycles. The van der Waals surface area contributed by atoms with E-state index in [1.165, 1.54) is 0 Å². The third kappa shape index (κ3) is 2.70. The van der Waals surface area contributed by atoms with Crippen molar-refractivity contribution in [2.24, 2.45) is 7.05 Å². The van der Waals surface area contributed by atoms with Gasteiger partial charge in [-0.3, -0.25) is 4.79 Å². The molecule has 2 rings (SSSR count). The van der Waals surface area contributed by atoms with Crippen LogP contribution in [0.3, 0.4) is 0 Å². The van der Waals surface area contributed by atoms with Crippen LogP contribution < -0.4 is 5.32 Å². The van der Waals surface area contributed by atoms with Crippen molar-refractivity contribution in [2.45, 2.75) is 6.73 Å². The molecule has 2 heterocycles. The summed E-state index contributed by atoms with van der Waals surface area (Å²) in [6.07, 6.45) is 6.46. The number of imidazole rings is 1. The van der Waals surface area contributed by atoms with E-state index < -0.39 is 0 Å². The molecule has 7 heteroatoms. The molecular formula is C10H13N5O2. The van der Waals surface area contributed by atoms with Gasteiger partial charge < -0.3 is 14.6 Å². The lowest BCUT2D eigenvalue weighted by molar-refractivity contribution is 0.102. The Morgan fingerprint density at radius 2 is 2.35 bits per heavy atom. The van der Waals surface area contributed by atoms with Gasteiger partial charge in [-0.25, -0.2) is 9.67 Å². The lowest BCUT2D eigenvalue weighted by Gasteiger charge is -1.99. The molecule has 0 saturated carbocycles. The summed E-state index contributed by atoms with van der Waals surface area (Å²) in [5.41, 5.74) is 0.977. The van der Waals surface area contributed by atoms with Gasteiger partial charge in [0.15, 0.2) is 0 Å². The fourth-order valence-corrected chi connectivity index (χ4v) is 1.36. The lowest BCUT2D eigenvalue weighted by atomic mass is 10.4. The number of amides is 1. The molecule has 0 fully saturated rings. The molecule has 2 aromatic rings. The number of methoxy groups -OCH3 is 1. The van der Waals surface area contributed by atoms with E-state index in [9.17, 15) is 4.79 Å². The Labute approximate surface area is 98.0 Å². The molecule has 0 aliphatic carbocycles. The van der Waals surface area contributed by atoms with Crippen molar-refractivity contribution >= 4 is 11.6 Å². The minimum absolute atomic E-state index is 0.262. The summed E-state index contributed by atoms with van der Waals surface area (Å²) in [6, 6.07) is 0. The first-order chi connectivity index (χ1) is 8.19. The Kier molecular flexibility index (Phi) is 3.20. The number of rotatable bonds is 4. The summed E-state index contributed by atoms with van der Waals surface area (Å²) in [4.78, 5) is 15.7. The third-order valence-corrected chi connectivity index (χ3v) is 2.09. The number of carbonyl (C=O) groups is 1. The van der Waals surface area contributed by atoms with Crippen molar-refractivity contribution in [3.05, 3.63) is 30.6 Å². The highest BCUT2D eigenvalue weighted by atomic mass is 16.5. The van der Waals surface area contributed by atoms with Gasteiger partial charge in [-0.1, -0.05) is 0 Å². The van der Waals surface area contributed by atoms with E-state index in [1.54, 1.807) is 48.3 Å². The summed E-state index contributed by atoms with van der Waals surface area (Å²) in [7, 11) is 3.38. The first-order valence-corrected chi connectivity index (χ1v) is 5.00. The van der Waals surface area contributed by atoms with Crippen molar-refractivity contribution in [1.82, 2.24) is 19.3 Å². The quantitative estimate of drug-likeness (QED) is 0.836. The SMILES string of the molecule is COCn1cc(NC(=O)c2cn(C)cn2)cn1. The van der Waals surface area contributed by atoms with Gasteiger partial charge in [0.25, 0.3) is 5.91 Å². The van der Waals surface area contributed by atoms with Gasteiger partial charge >= 0.3 is 0 Å². The highest BCUT2D eigenvalue weighted by Gasteiger charge is 2.09. The number of carbonyl (C=O) groups excluding carboxylic acids is 1. The molecule has 1 N–H and O–H groups in total. The van der Waals surface area contributed by atoms with E-state index in [0.29, 0.717) is 18.1 Å². The fourth-order valence-electron chi connectivity index (χ4n) is 1.36. The maximum atomic E-state index is 11.7. The number of aromatic nitrogens is 4. The van der Waals surface area contributed by atoms with Crippen LogP contribution in [0.5, 0.6) is 0 Å². The van der Waals surface area contributed by atoms with Gasteiger partial charge in [0, 0.05) is 20.4 Å². The first kappa shape index (κ1) is 11.3. The Bertz CT molecular complexity index is 516. The smallest absolute Gasteiger partial charge is 0.275 e. The van der Waals surface area contributed by atoms with Crippen LogP contribution in [-0.4, -0.2) is 32.3 Å². The number of nitrogens with one attached hydrogen (secondary N) is 1. The van der Waals surface area contributed by atoms with Crippen molar-refractivity contribution in [3.8, 4) is 0 Å². The van der Waals surface area contributed by atoms with Crippen LogP contribution in [0.1, 0.15) is 10.5 Å². The van der Waals surface area contributed by atoms with Crippen LogP contribution in [0.15, 0.2) is 24.9 Å². The molecule has 90 valence electrons. The monoisotopic (exact) mass is 235 g/mol. The van der Waals surface area contributed by atoms with Crippen molar-refractivity contribution in [2.75, 3.05) is 12.4 Å². The topological polar surface area (TPSA) is 74.0 Å². The maximum absolute atomic E-state index is 11.7. The van der Waals surface area contributed by atoms with Gasteiger partial charge in [-0.2, -0.15) is 5.10 Å². The number of hydrogen-bond donors (Lipinski definition) is 1. The molecule has 0 spiro atoms. The zero-order valence-electron chi connectivity index (χ0n) is 9.62. The van der Waals surface area contributed by atoms with Gasteiger partial charge in [0.05, 0.1) is 24.4 Å². The van der Waals surface area contributed by atoms with E-state index in [-0.39, 0.29) is 5.91 Å². The second-order valence-corrected chi connectivity index (χ2v) is 3.56. The van der Waals surface area contributed by atoms with Crippen molar-refractivity contribution < 1.29 is 9.53 Å². The highest BCUT2D eigenvalue weighted by Crippen LogP contribution is 2.07. The lowest BCUT2D eigenvalue weighted by Crippen LogP contribution is -2.11. The van der Waals surface area contributed by atoms with Crippen LogP contribution >= 0.6 is 0 Å². The molecule has 0 aliphatic heterocycles. The van der Waals surface area contributed by atoms with Crippen LogP contribution in [0.25, 0.3) is 0 Å². The first-order valence-electron chi connectivity index (χ1n) is 5.00. The van der Waals surface area contributed by atoms with Crippen molar-refractivity contribution in [1.29, 1.82) is 0 Å². The van der Waals surface area contributed by atoms with Crippen LogP contribution in [-0.2, 0) is 18.5 Å². The maximum Gasteiger partial charge on any atom is 0.275 e. The predicted molar refractivity (Wildman–Crippen MR) is 60.4 cm³/mol. The molecular weight excluding hydrogens is 222 g/mol. The molecule has 0 atom stereocenters. The van der Waals surface area contributed by atoms with E-state index in [4.69, 9.17) is 4.74 Å². The Hall–Kier alpha value is -2.15. The molecule has 0 radical (unpaired) electrons. The molecule has 0 bridgehead atoms. The summed E-state index contributed by atoms with van der Waals surface area (Å²) >= 11 is 0. The van der Waals surface area contributed by atoms with E-state index in [1.807, 2.05) is 0 Å². The summed E-state index contributed by atoms with van der Waals surface area (Å²) in [6.45, 7) is 0.347. The summed E-state index contributed by atoms with van der Waals surface area (Å²) in [5.74, 6) is -0.262. The third-order valence-electron chi connectivity index (χ3n) is 2.09. The second kappa shape index (κ2) is 4.79. The molecule has 1 amide bonds. The molecule has 7 nitrogen and oxygen atoms in total. The Morgan fingerprint density at radius 3 is 3.00 bits per heavy atom.